The average molecular weight is 312 g/mol. The van der Waals surface area contributed by atoms with E-state index in [4.69, 9.17) is 0 Å². The van der Waals surface area contributed by atoms with E-state index in [-0.39, 0.29) is 10.9 Å². The van der Waals surface area contributed by atoms with Crippen molar-refractivity contribution < 1.29 is 8.42 Å². The van der Waals surface area contributed by atoms with Gasteiger partial charge in [0, 0.05) is 19.1 Å². The molecule has 21 heavy (non-hydrogen) atoms. The Balaban J connectivity index is 2.18. The van der Waals surface area contributed by atoms with E-state index in [9.17, 15) is 8.42 Å². The fourth-order valence-electron chi connectivity index (χ4n) is 2.52. The lowest BCUT2D eigenvalue weighted by Crippen LogP contribution is -2.38. The molecule has 0 radical (unpaired) electrons. The monoisotopic (exact) mass is 312 g/mol. The van der Waals surface area contributed by atoms with Crippen LogP contribution in [-0.4, -0.2) is 41.8 Å². The molecule has 2 rings (SSSR count). The minimum Gasteiger partial charge on any atom is -0.354 e. The van der Waals surface area contributed by atoms with Gasteiger partial charge in [-0.1, -0.05) is 19.8 Å². The van der Waals surface area contributed by atoms with Crippen LogP contribution in [0.25, 0.3) is 0 Å². The Morgan fingerprint density at radius 1 is 1.29 bits per heavy atom. The minimum absolute atomic E-state index is 0.0374. The number of sulfonamides is 1. The molecule has 7 heteroatoms. The molecular weight excluding hydrogens is 288 g/mol. The van der Waals surface area contributed by atoms with Crippen LogP contribution in [-0.2, 0) is 10.0 Å². The highest BCUT2D eigenvalue weighted by Gasteiger charge is 2.30. The molecular formula is C14H24N4O2S. The summed E-state index contributed by atoms with van der Waals surface area (Å²) in [6, 6.07) is 0.0374. The van der Waals surface area contributed by atoms with E-state index < -0.39 is 10.0 Å². The molecule has 6 nitrogen and oxygen atoms in total. The number of nitrogens with one attached hydrogen (secondary N) is 1. The molecule has 1 N–H and O–H groups in total. The Bertz CT molecular complexity index is 545. The fraction of sp³-hybridized carbons (Fsp3) is 0.714. The van der Waals surface area contributed by atoms with Crippen LogP contribution in [0, 0.1) is 0 Å². The van der Waals surface area contributed by atoms with Crippen molar-refractivity contribution in [3.8, 4) is 0 Å². The van der Waals surface area contributed by atoms with Crippen molar-refractivity contribution >= 4 is 16.0 Å². The lowest BCUT2D eigenvalue weighted by atomic mass is 10.1. The maximum absolute atomic E-state index is 12.7. The summed E-state index contributed by atoms with van der Waals surface area (Å²) in [6.45, 7) is 5.38. The van der Waals surface area contributed by atoms with E-state index in [1.165, 1.54) is 12.4 Å². The second-order valence-electron chi connectivity index (χ2n) is 5.48. The van der Waals surface area contributed by atoms with Crippen molar-refractivity contribution in [1.29, 1.82) is 0 Å². The van der Waals surface area contributed by atoms with Gasteiger partial charge in [-0.2, -0.15) is 4.31 Å². The number of aromatic nitrogens is 2. The van der Waals surface area contributed by atoms with Crippen LogP contribution in [0.2, 0.25) is 0 Å². The predicted octanol–water partition coefficient (Wildman–Crippen LogP) is 2.25. The molecule has 0 aliphatic carbocycles. The summed E-state index contributed by atoms with van der Waals surface area (Å²) >= 11 is 0. The zero-order chi connectivity index (χ0) is 15.3. The number of rotatable bonds is 5. The first-order valence-electron chi connectivity index (χ1n) is 7.63. The van der Waals surface area contributed by atoms with E-state index in [2.05, 4.69) is 15.3 Å². The molecule has 0 aromatic carbocycles. The van der Waals surface area contributed by atoms with Crippen molar-refractivity contribution in [3.63, 3.8) is 0 Å². The maximum atomic E-state index is 12.7. The van der Waals surface area contributed by atoms with Crippen molar-refractivity contribution in [2.45, 2.75) is 56.9 Å². The summed E-state index contributed by atoms with van der Waals surface area (Å²) in [6.07, 6.45) is 7.78. The van der Waals surface area contributed by atoms with Gasteiger partial charge in [0.15, 0.2) is 0 Å². The smallest absolute Gasteiger partial charge is 0.246 e. The molecule has 0 saturated carbocycles. The van der Waals surface area contributed by atoms with Crippen LogP contribution in [0.4, 0.5) is 5.95 Å². The topological polar surface area (TPSA) is 75.2 Å². The Labute approximate surface area is 127 Å². The highest BCUT2D eigenvalue weighted by atomic mass is 32.2. The van der Waals surface area contributed by atoms with Gasteiger partial charge in [0.05, 0.1) is 12.4 Å². The van der Waals surface area contributed by atoms with E-state index in [1.54, 1.807) is 4.31 Å². The van der Waals surface area contributed by atoms with E-state index in [1.807, 2.05) is 13.8 Å². The SMILES string of the molecule is CCCNc1ncc(S(=O)(=O)N2CCCCCC2C)cn1. The lowest BCUT2D eigenvalue weighted by Gasteiger charge is -2.25. The van der Waals surface area contributed by atoms with Crippen LogP contribution in [0.3, 0.4) is 0 Å². The van der Waals surface area contributed by atoms with Crippen molar-refractivity contribution in [2.75, 3.05) is 18.4 Å². The van der Waals surface area contributed by atoms with Crippen LogP contribution >= 0.6 is 0 Å². The fourth-order valence-corrected chi connectivity index (χ4v) is 4.11. The van der Waals surface area contributed by atoms with E-state index >= 15 is 0 Å². The van der Waals surface area contributed by atoms with Gasteiger partial charge in [-0.15, -0.1) is 0 Å². The molecule has 0 bridgehead atoms. The van der Waals surface area contributed by atoms with Gasteiger partial charge in [0.2, 0.25) is 16.0 Å². The molecule has 1 aromatic rings. The molecule has 1 saturated heterocycles. The summed E-state index contributed by atoms with van der Waals surface area (Å²) in [7, 11) is -3.49. The van der Waals surface area contributed by atoms with Crippen LogP contribution in [0.15, 0.2) is 17.3 Å². The zero-order valence-electron chi connectivity index (χ0n) is 12.7. The number of nitrogens with zero attached hydrogens (tertiary/aromatic N) is 3. The largest absolute Gasteiger partial charge is 0.354 e. The average Bonchev–Trinajstić information content (AvgIpc) is 2.70. The second kappa shape index (κ2) is 7.17. The molecule has 0 amide bonds. The normalized spacial score (nSPS) is 21.0. The summed E-state index contributed by atoms with van der Waals surface area (Å²) in [4.78, 5) is 8.37. The standard InChI is InChI=1S/C14H24N4O2S/c1-3-8-15-14-16-10-13(11-17-14)21(19,20)18-9-6-4-5-7-12(18)2/h10-12H,3-9H2,1-2H3,(H,15,16,17). The minimum atomic E-state index is -3.49. The number of hydrogen-bond acceptors (Lipinski definition) is 5. The van der Waals surface area contributed by atoms with Crippen molar-refractivity contribution in [2.24, 2.45) is 0 Å². The molecule has 2 heterocycles. The highest BCUT2D eigenvalue weighted by Crippen LogP contribution is 2.24. The van der Waals surface area contributed by atoms with Gasteiger partial charge in [-0.05, 0) is 26.2 Å². The summed E-state index contributed by atoms with van der Waals surface area (Å²) in [5, 5.41) is 3.04. The summed E-state index contributed by atoms with van der Waals surface area (Å²) < 4.78 is 27.0. The third-order valence-electron chi connectivity index (χ3n) is 3.76. The number of anilines is 1. The molecule has 1 aromatic heterocycles. The summed E-state index contributed by atoms with van der Waals surface area (Å²) in [5.41, 5.74) is 0. The van der Waals surface area contributed by atoms with Gasteiger partial charge >= 0.3 is 0 Å². The zero-order valence-corrected chi connectivity index (χ0v) is 13.6. The van der Waals surface area contributed by atoms with E-state index in [0.717, 1.165) is 38.6 Å². The summed E-state index contributed by atoms with van der Waals surface area (Å²) in [5.74, 6) is 0.472. The third kappa shape index (κ3) is 3.91. The molecule has 1 aliphatic heterocycles. The highest BCUT2D eigenvalue weighted by molar-refractivity contribution is 7.89. The first-order chi connectivity index (χ1) is 10.1. The van der Waals surface area contributed by atoms with Gasteiger partial charge in [0.1, 0.15) is 4.90 Å². The first-order valence-corrected chi connectivity index (χ1v) is 9.07. The molecule has 1 atom stereocenters. The first kappa shape index (κ1) is 16.2. The Hall–Kier alpha value is -1.21. The van der Waals surface area contributed by atoms with Crippen molar-refractivity contribution in [3.05, 3.63) is 12.4 Å². The molecule has 1 fully saturated rings. The van der Waals surface area contributed by atoms with Gasteiger partial charge in [-0.3, -0.25) is 0 Å². The Kier molecular flexibility index (Phi) is 5.52. The van der Waals surface area contributed by atoms with Crippen LogP contribution < -0.4 is 5.32 Å². The third-order valence-corrected chi connectivity index (χ3v) is 5.73. The van der Waals surface area contributed by atoms with Gasteiger partial charge < -0.3 is 5.32 Å². The predicted molar refractivity (Wildman–Crippen MR) is 82.6 cm³/mol. The van der Waals surface area contributed by atoms with Gasteiger partial charge in [-0.25, -0.2) is 18.4 Å². The molecule has 1 unspecified atom stereocenters. The maximum Gasteiger partial charge on any atom is 0.246 e. The van der Waals surface area contributed by atoms with Gasteiger partial charge in [0.25, 0.3) is 0 Å². The number of hydrogen-bond donors (Lipinski definition) is 1. The van der Waals surface area contributed by atoms with E-state index in [0.29, 0.717) is 12.5 Å². The quantitative estimate of drug-likeness (QED) is 0.902. The molecule has 118 valence electrons. The molecule has 0 spiro atoms. The Morgan fingerprint density at radius 2 is 2.00 bits per heavy atom. The molecule has 1 aliphatic rings. The van der Waals surface area contributed by atoms with Crippen molar-refractivity contribution in [1.82, 2.24) is 14.3 Å². The lowest BCUT2D eigenvalue weighted by molar-refractivity contribution is 0.342. The Morgan fingerprint density at radius 3 is 2.67 bits per heavy atom. The second-order valence-corrected chi connectivity index (χ2v) is 7.37. The van der Waals surface area contributed by atoms with Crippen LogP contribution in [0.1, 0.15) is 46.0 Å². The van der Waals surface area contributed by atoms with Crippen LogP contribution in [0.5, 0.6) is 0 Å².